The monoisotopic (exact) mass is 337 g/mol. The zero-order valence-electron chi connectivity index (χ0n) is 13.0. The van der Waals surface area contributed by atoms with Gasteiger partial charge in [-0.25, -0.2) is 4.57 Å². The van der Waals surface area contributed by atoms with Gasteiger partial charge in [0.1, 0.15) is 0 Å². The Kier molecular flexibility index (Phi) is 6.04. The third kappa shape index (κ3) is 5.53. The van der Waals surface area contributed by atoms with Gasteiger partial charge in [0, 0.05) is 11.8 Å². The summed E-state index contributed by atoms with van der Waals surface area (Å²) in [5, 5.41) is 9.03. The molecule has 6 nitrogen and oxygen atoms in total. The lowest BCUT2D eigenvalue weighted by Gasteiger charge is -2.14. The van der Waals surface area contributed by atoms with E-state index < -0.39 is 13.9 Å². The fourth-order valence-electron chi connectivity index (χ4n) is 1.91. The highest BCUT2D eigenvalue weighted by atomic mass is 31.2. The molecule has 0 bridgehead atoms. The van der Waals surface area contributed by atoms with E-state index in [1.807, 2.05) is 24.3 Å². The van der Waals surface area contributed by atoms with Gasteiger partial charge < -0.3 is 10.00 Å². The summed E-state index contributed by atoms with van der Waals surface area (Å²) in [5.41, 5.74) is 3.19. The Morgan fingerprint density at radius 1 is 1.13 bits per heavy atom. The van der Waals surface area contributed by atoms with Crippen molar-refractivity contribution >= 4 is 7.82 Å². The molecule has 0 fully saturated rings. The van der Waals surface area contributed by atoms with Gasteiger partial charge in [0.05, 0.1) is 25.0 Å². The first-order valence-electron chi connectivity index (χ1n) is 7.20. The van der Waals surface area contributed by atoms with Crippen LogP contribution in [0.4, 0.5) is 0 Å². The van der Waals surface area contributed by atoms with Crippen molar-refractivity contribution in [3.05, 3.63) is 53.7 Å². The molecule has 0 aliphatic carbocycles. The van der Waals surface area contributed by atoms with Gasteiger partial charge in [-0.15, -0.1) is 0 Å². The van der Waals surface area contributed by atoms with E-state index in [9.17, 15) is 9.46 Å². The molecule has 1 aromatic carbocycles. The number of aliphatic hydroxyl groups is 1. The van der Waals surface area contributed by atoms with Crippen molar-refractivity contribution in [2.24, 2.45) is 0 Å². The third-order valence-electron chi connectivity index (χ3n) is 3.00. The molecule has 0 saturated carbocycles. The van der Waals surface area contributed by atoms with E-state index >= 15 is 0 Å². The van der Waals surface area contributed by atoms with Crippen LogP contribution in [0.1, 0.15) is 25.0 Å². The lowest BCUT2D eigenvalue weighted by Crippen LogP contribution is -2.03. The molecule has 1 atom stereocenters. The van der Waals surface area contributed by atoms with Crippen molar-refractivity contribution in [2.75, 3.05) is 0 Å². The summed E-state index contributed by atoms with van der Waals surface area (Å²) < 4.78 is 21.4. The average molecular weight is 337 g/mol. The van der Waals surface area contributed by atoms with Gasteiger partial charge in [-0.05, 0) is 31.0 Å². The SMILES string of the molecule is CC(C)OP(=O)(O)OCc1ccc(-c2ccc(CO)cc2)nc1. The van der Waals surface area contributed by atoms with Gasteiger partial charge >= 0.3 is 7.82 Å². The van der Waals surface area contributed by atoms with Crippen molar-refractivity contribution < 1.29 is 23.6 Å². The van der Waals surface area contributed by atoms with Gasteiger partial charge in [0.25, 0.3) is 0 Å². The van der Waals surface area contributed by atoms with E-state index in [-0.39, 0.29) is 13.2 Å². The molecular weight excluding hydrogens is 317 g/mol. The molecule has 0 aliphatic heterocycles. The molecule has 7 heteroatoms. The van der Waals surface area contributed by atoms with Crippen LogP contribution in [-0.2, 0) is 26.8 Å². The van der Waals surface area contributed by atoms with Crippen LogP contribution in [0.5, 0.6) is 0 Å². The Balaban J connectivity index is 2.00. The molecule has 2 rings (SSSR count). The van der Waals surface area contributed by atoms with E-state index in [2.05, 4.69) is 4.98 Å². The van der Waals surface area contributed by atoms with Crippen molar-refractivity contribution in [1.29, 1.82) is 0 Å². The number of hydrogen-bond acceptors (Lipinski definition) is 5. The van der Waals surface area contributed by atoms with Crippen LogP contribution in [0.2, 0.25) is 0 Å². The molecule has 0 amide bonds. The maximum Gasteiger partial charge on any atom is 0.472 e. The van der Waals surface area contributed by atoms with Gasteiger partial charge in [-0.1, -0.05) is 30.3 Å². The molecule has 0 saturated heterocycles. The highest BCUT2D eigenvalue weighted by Crippen LogP contribution is 2.45. The fourth-order valence-corrected chi connectivity index (χ4v) is 2.82. The summed E-state index contributed by atoms with van der Waals surface area (Å²) in [4.78, 5) is 13.8. The maximum atomic E-state index is 11.6. The van der Waals surface area contributed by atoms with E-state index in [0.29, 0.717) is 5.56 Å². The molecule has 1 unspecified atom stereocenters. The molecular formula is C16H20NO5P. The number of benzene rings is 1. The number of phosphoric ester groups is 1. The molecule has 124 valence electrons. The van der Waals surface area contributed by atoms with Crippen molar-refractivity contribution in [1.82, 2.24) is 4.98 Å². The molecule has 2 aromatic rings. The summed E-state index contributed by atoms with van der Waals surface area (Å²) in [6, 6.07) is 11.0. The lowest BCUT2D eigenvalue weighted by molar-refractivity contribution is 0.116. The number of nitrogens with zero attached hydrogens (tertiary/aromatic N) is 1. The number of phosphoric acid groups is 1. The summed E-state index contributed by atoms with van der Waals surface area (Å²) >= 11 is 0. The van der Waals surface area contributed by atoms with Crippen molar-refractivity contribution in [3.8, 4) is 11.3 Å². The fraction of sp³-hybridized carbons (Fsp3) is 0.312. The minimum atomic E-state index is -4.04. The molecule has 1 heterocycles. The Bertz CT molecular complexity index is 670. The van der Waals surface area contributed by atoms with Gasteiger partial charge in [-0.2, -0.15) is 0 Å². The van der Waals surface area contributed by atoms with Crippen LogP contribution in [0.15, 0.2) is 42.6 Å². The van der Waals surface area contributed by atoms with E-state index in [0.717, 1.165) is 16.8 Å². The third-order valence-corrected chi connectivity index (χ3v) is 4.14. The number of aromatic nitrogens is 1. The standard InChI is InChI=1S/C16H20NO5P/c1-12(2)22-23(19,20)21-11-14-5-8-16(17-9-14)15-6-3-13(10-18)4-7-15/h3-9,12,18H,10-11H2,1-2H3,(H,19,20). The normalized spacial score (nSPS) is 14.0. The van der Waals surface area contributed by atoms with Crippen molar-refractivity contribution in [2.45, 2.75) is 33.2 Å². The van der Waals surface area contributed by atoms with E-state index in [4.69, 9.17) is 14.2 Å². The van der Waals surface area contributed by atoms with E-state index in [1.165, 1.54) is 0 Å². The zero-order valence-corrected chi connectivity index (χ0v) is 13.9. The predicted octanol–water partition coefficient (Wildman–Crippen LogP) is 3.28. The van der Waals surface area contributed by atoms with Gasteiger partial charge in [0.15, 0.2) is 0 Å². The van der Waals surface area contributed by atoms with Crippen LogP contribution in [0.3, 0.4) is 0 Å². The smallest absolute Gasteiger partial charge is 0.392 e. The van der Waals surface area contributed by atoms with Crippen LogP contribution in [0.25, 0.3) is 11.3 Å². The number of rotatable bonds is 7. The Labute approximate surface area is 135 Å². The molecule has 23 heavy (non-hydrogen) atoms. The topological polar surface area (TPSA) is 88.9 Å². The summed E-state index contributed by atoms with van der Waals surface area (Å²) in [6.45, 7) is 3.26. The average Bonchev–Trinajstić information content (AvgIpc) is 2.52. The minimum absolute atomic E-state index is 0.00362. The minimum Gasteiger partial charge on any atom is -0.392 e. The Morgan fingerprint density at radius 2 is 1.78 bits per heavy atom. The lowest BCUT2D eigenvalue weighted by atomic mass is 10.1. The molecule has 0 radical (unpaired) electrons. The molecule has 2 N–H and O–H groups in total. The Morgan fingerprint density at radius 3 is 2.30 bits per heavy atom. The van der Waals surface area contributed by atoms with Crippen LogP contribution >= 0.6 is 7.82 Å². The Hall–Kier alpha value is -1.56. The second kappa shape index (κ2) is 7.81. The number of pyridine rings is 1. The van der Waals surface area contributed by atoms with Crippen LogP contribution < -0.4 is 0 Å². The zero-order chi connectivity index (χ0) is 16.9. The molecule has 0 aliphatic rings. The number of aliphatic hydroxyl groups excluding tert-OH is 1. The van der Waals surface area contributed by atoms with Crippen LogP contribution in [-0.4, -0.2) is 21.1 Å². The highest BCUT2D eigenvalue weighted by Gasteiger charge is 2.22. The first-order valence-corrected chi connectivity index (χ1v) is 8.70. The summed E-state index contributed by atoms with van der Waals surface area (Å²) in [6.07, 6.45) is 1.19. The quantitative estimate of drug-likeness (QED) is 0.754. The largest absolute Gasteiger partial charge is 0.472 e. The number of hydrogen-bond donors (Lipinski definition) is 2. The van der Waals surface area contributed by atoms with E-state index in [1.54, 1.807) is 32.2 Å². The maximum absolute atomic E-state index is 11.6. The molecule has 1 aromatic heterocycles. The van der Waals surface area contributed by atoms with Crippen molar-refractivity contribution in [3.63, 3.8) is 0 Å². The summed E-state index contributed by atoms with van der Waals surface area (Å²) in [5.74, 6) is 0. The summed E-state index contributed by atoms with van der Waals surface area (Å²) in [7, 11) is -4.04. The van der Waals surface area contributed by atoms with Gasteiger partial charge in [-0.3, -0.25) is 14.0 Å². The predicted molar refractivity (Wildman–Crippen MR) is 86.4 cm³/mol. The highest BCUT2D eigenvalue weighted by molar-refractivity contribution is 7.47. The molecule has 0 spiro atoms. The van der Waals surface area contributed by atoms with Crippen LogP contribution in [0, 0.1) is 0 Å². The first kappa shape index (κ1) is 17.8. The van der Waals surface area contributed by atoms with Gasteiger partial charge in [0.2, 0.25) is 0 Å². The second-order valence-corrected chi connectivity index (χ2v) is 6.71. The first-order chi connectivity index (χ1) is 10.9. The second-order valence-electron chi connectivity index (χ2n) is 5.30.